The van der Waals surface area contributed by atoms with Crippen molar-refractivity contribution in [2.75, 3.05) is 6.61 Å². The first kappa shape index (κ1) is 14.9. The lowest BCUT2D eigenvalue weighted by molar-refractivity contribution is -0.0265. The zero-order chi connectivity index (χ0) is 14.0. The van der Waals surface area contributed by atoms with E-state index < -0.39 is 0 Å². The van der Waals surface area contributed by atoms with Gasteiger partial charge in [0.15, 0.2) is 0 Å². The second-order valence-corrected chi connectivity index (χ2v) is 6.35. The summed E-state index contributed by atoms with van der Waals surface area (Å²) in [6.07, 6.45) is 3.22. The van der Waals surface area contributed by atoms with Crippen LogP contribution in [-0.2, 0) is 4.74 Å². The molecule has 1 aromatic carbocycles. The van der Waals surface area contributed by atoms with Crippen LogP contribution in [0.25, 0.3) is 0 Å². The third kappa shape index (κ3) is 3.54. The van der Waals surface area contributed by atoms with Crippen molar-refractivity contribution in [3.63, 3.8) is 0 Å². The monoisotopic (exact) mass is 332 g/mol. The van der Waals surface area contributed by atoms with Crippen molar-refractivity contribution in [1.82, 2.24) is 0 Å². The van der Waals surface area contributed by atoms with Crippen LogP contribution in [0.4, 0.5) is 8.78 Å². The van der Waals surface area contributed by atoms with Gasteiger partial charge in [0.1, 0.15) is 11.6 Å². The van der Waals surface area contributed by atoms with Crippen LogP contribution in [0.1, 0.15) is 42.1 Å². The van der Waals surface area contributed by atoms with Gasteiger partial charge in [-0.2, -0.15) is 0 Å². The van der Waals surface area contributed by atoms with Crippen molar-refractivity contribution >= 4 is 15.9 Å². The van der Waals surface area contributed by atoms with Gasteiger partial charge in [0, 0.05) is 17.0 Å². The standard InChI is InChI=1S/C15H19BrF2O/c1-3-19-11-5-10(6-11)7-13(16)12-8-14(17)9(2)4-15(12)18/h4,8,10-11,13H,3,5-7H2,1-2H3. The molecular weight excluding hydrogens is 314 g/mol. The molecule has 106 valence electrons. The van der Waals surface area contributed by atoms with Crippen molar-refractivity contribution in [3.8, 4) is 0 Å². The summed E-state index contributed by atoms with van der Waals surface area (Å²) in [6.45, 7) is 4.31. The topological polar surface area (TPSA) is 9.23 Å². The van der Waals surface area contributed by atoms with Gasteiger partial charge in [-0.25, -0.2) is 8.78 Å². The Hall–Kier alpha value is -0.480. The van der Waals surface area contributed by atoms with Crippen LogP contribution in [0, 0.1) is 24.5 Å². The molecule has 0 saturated heterocycles. The molecule has 4 heteroatoms. The fourth-order valence-electron chi connectivity index (χ4n) is 2.56. The van der Waals surface area contributed by atoms with Crippen molar-refractivity contribution in [1.29, 1.82) is 0 Å². The van der Waals surface area contributed by atoms with Crippen molar-refractivity contribution < 1.29 is 13.5 Å². The minimum atomic E-state index is -0.346. The summed E-state index contributed by atoms with van der Waals surface area (Å²) in [5.74, 6) is -0.146. The average Bonchev–Trinajstić information content (AvgIpc) is 2.31. The maximum atomic E-state index is 13.8. The van der Waals surface area contributed by atoms with E-state index in [9.17, 15) is 8.78 Å². The van der Waals surface area contributed by atoms with Gasteiger partial charge in [0.05, 0.1) is 6.10 Å². The average molecular weight is 333 g/mol. The summed E-state index contributed by atoms with van der Waals surface area (Å²) in [6, 6.07) is 2.57. The van der Waals surface area contributed by atoms with Crippen LogP contribution in [0.15, 0.2) is 12.1 Å². The summed E-state index contributed by atoms with van der Waals surface area (Å²) < 4.78 is 32.8. The minimum Gasteiger partial charge on any atom is -0.378 e. The van der Waals surface area contributed by atoms with E-state index in [4.69, 9.17) is 4.74 Å². The number of alkyl halides is 1. The number of rotatable bonds is 5. The molecule has 1 saturated carbocycles. The zero-order valence-electron chi connectivity index (χ0n) is 11.3. The van der Waals surface area contributed by atoms with Crippen LogP contribution in [0.5, 0.6) is 0 Å². The minimum absolute atomic E-state index is 0.129. The number of ether oxygens (including phenoxy) is 1. The molecule has 0 aromatic heterocycles. The van der Waals surface area contributed by atoms with Crippen LogP contribution in [0.2, 0.25) is 0 Å². The lowest BCUT2D eigenvalue weighted by Crippen LogP contribution is -2.31. The largest absolute Gasteiger partial charge is 0.378 e. The maximum absolute atomic E-state index is 13.8. The fourth-order valence-corrected chi connectivity index (χ4v) is 3.44. The Morgan fingerprint density at radius 2 is 2.00 bits per heavy atom. The molecule has 1 unspecified atom stereocenters. The Labute approximate surface area is 121 Å². The first-order valence-electron chi connectivity index (χ1n) is 6.72. The molecule has 1 aliphatic rings. The number of hydrogen-bond donors (Lipinski definition) is 0. The highest BCUT2D eigenvalue weighted by Gasteiger charge is 2.31. The fraction of sp³-hybridized carbons (Fsp3) is 0.600. The highest BCUT2D eigenvalue weighted by atomic mass is 79.9. The van der Waals surface area contributed by atoms with Gasteiger partial charge in [-0.15, -0.1) is 0 Å². The summed E-state index contributed by atoms with van der Waals surface area (Å²) >= 11 is 3.48. The molecule has 1 aliphatic carbocycles. The predicted molar refractivity (Wildman–Crippen MR) is 75.5 cm³/mol. The molecule has 1 nitrogen and oxygen atoms in total. The maximum Gasteiger partial charge on any atom is 0.128 e. The lowest BCUT2D eigenvalue weighted by Gasteiger charge is -2.36. The third-order valence-electron chi connectivity index (χ3n) is 3.75. The molecular formula is C15H19BrF2O. The SMILES string of the molecule is CCOC1CC(CC(Br)c2cc(F)c(C)cc2F)C1. The Morgan fingerprint density at radius 3 is 2.63 bits per heavy atom. The summed E-state index contributed by atoms with van der Waals surface area (Å²) in [5.41, 5.74) is 0.768. The molecule has 1 atom stereocenters. The molecule has 0 aliphatic heterocycles. The van der Waals surface area contributed by atoms with Crippen LogP contribution in [0.3, 0.4) is 0 Å². The van der Waals surface area contributed by atoms with E-state index in [1.807, 2.05) is 6.92 Å². The third-order valence-corrected chi connectivity index (χ3v) is 4.62. The summed E-state index contributed by atoms with van der Waals surface area (Å²) in [5, 5.41) is 0. The number of benzene rings is 1. The molecule has 0 heterocycles. The lowest BCUT2D eigenvalue weighted by atomic mass is 9.78. The van der Waals surface area contributed by atoms with Gasteiger partial charge in [0.25, 0.3) is 0 Å². The van der Waals surface area contributed by atoms with Crippen molar-refractivity contribution in [3.05, 3.63) is 34.9 Å². The molecule has 0 N–H and O–H groups in total. The molecule has 1 aromatic rings. The first-order chi connectivity index (χ1) is 9.01. The highest BCUT2D eigenvalue weighted by molar-refractivity contribution is 9.09. The molecule has 0 radical (unpaired) electrons. The van der Waals surface area contributed by atoms with Crippen molar-refractivity contribution in [2.24, 2.45) is 5.92 Å². The molecule has 1 fully saturated rings. The molecule has 0 amide bonds. The van der Waals surface area contributed by atoms with Gasteiger partial charge >= 0.3 is 0 Å². The Morgan fingerprint density at radius 1 is 1.32 bits per heavy atom. The Bertz CT molecular complexity index is 444. The van der Waals surface area contributed by atoms with Gasteiger partial charge in [-0.3, -0.25) is 0 Å². The Balaban J connectivity index is 1.94. The van der Waals surface area contributed by atoms with E-state index in [1.54, 1.807) is 6.92 Å². The number of hydrogen-bond acceptors (Lipinski definition) is 1. The van der Waals surface area contributed by atoms with Gasteiger partial charge in [-0.05, 0) is 56.7 Å². The van der Waals surface area contributed by atoms with E-state index in [0.717, 1.165) is 25.9 Å². The van der Waals surface area contributed by atoms with E-state index in [1.165, 1.54) is 12.1 Å². The van der Waals surface area contributed by atoms with Crippen molar-refractivity contribution in [2.45, 2.75) is 44.0 Å². The van der Waals surface area contributed by atoms with Crippen LogP contribution in [-0.4, -0.2) is 12.7 Å². The van der Waals surface area contributed by atoms with Gasteiger partial charge < -0.3 is 4.74 Å². The van der Waals surface area contributed by atoms with Gasteiger partial charge in [0.2, 0.25) is 0 Å². The smallest absolute Gasteiger partial charge is 0.128 e. The van der Waals surface area contributed by atoms with Gasteiger partial charge in [-0.1, -0.05) is 15.9 Å². The predicted octanol–water partition coefficient (Wildman–Crippen LogP) is 4.91. The molecule has 19 heavy (non-hydrogen) atoms. The normalized spacial score (nSPS) is 24.1. The van der Waals surface area contributed by atoms with E-state index in [0.29, 0.717) is 23.1 Å². The second-order valence-electron chi connectivity index (χ2n) is 5.24. The van der Waals surface area contributed by atoms with E-state index in [-0.39, 0.29) is 16.5 Å². The highest BCUT2D eigenvalue weighted by Crippen LogP contribution is 2.41. The van der Waals surface area contributed by atoms with E-state index in [2.05, 4.69) is 15.9 Å². The van der Waals surface area contributed by atoms with Crippen LogP contribution < -0.4 is 0 Å². The molecule has 0 bridgehead atoms. The summed E-state index contributed by atoms with van der Waals surface area (Å²) in [4.78, 5) is -0.129. The first-order valence-corrected chi connectivity index (χ1v) is 7.64. The number of aryl methyl sites for hydroxylation is 1. The van der Waals surface area contributed by atoms with Crippen LogP contribution >= 0.6 is 15.9 Å². The quantitative estimate of drug-likeness (QED) is 0.696. The molecule has 2 rings (SSSR count). The van der Waals surface area contributed by atoms with E-state index >= 15 is 0 Å². The second kappa shape index (κ2) is 6.31. The zero-order valence-corrected chi connectivity index (χ0v) is 12.8. The Kier molecular flexibility index (Phi) is 4.96. The molecule has 0 spiro atoms. The summed E-state index contributed by atoms with van der Waals surface area (Å²) in [7, 11) is 0. The number of halogens is 3.